The zero-order valence-corrected chi connectivity index (χ0v) is 17.7. The maximum Gasteiger partial charge on any atom is 0.231 e. The molecule has 0 bridgehead atoms. The number of anilines is 2. The highest BCUT2D eigenvalue weighted by Gasteiger charge is 2.15. The number of amides is 2. The Kier molecular flexibility index (Phi) is 9.16. The van der Waals surface area contributed by atoms with Crippen molar-refractivity contribution in [1.82, 2.24) is 5.32 Å². The third kappa shape index (κ3) is 7.18. The van der Waals surface area contributed by atoms with E-state index in [1.165, 1.54) is 0 Å². The number of likely N-dealkylation sites (N-methyl/N-ethyl adjacent to an activating group) is 1. The highest BCUT2D eigenvalue weighted by atomic mass is 35.5. The molecular weight excluding hydrogens is 386 g/mol. The molecule has 29 heavy (non-hydrogen) atoms. The zero-order chi connectivity index (χ0) is 19.8. The summed E-state index contributed by atoms with van der Waals surface area (Å²) < 4.78 is 0. The Bertz CT molecular complexity index is 774. The number of nitrogens with zero attached hydrogens (tertiary/aromatic N) is 1. The Balaban J connectivity index is 0.00000300. The third-order valence-corrected chi connectivity index (χ3v) is 5.35. The smallest absolute Gasteiger partial charge is 0.231 e. The molecule has 0 atom stereocenters. The van der Waals surface area contributed by atoms with Crippen molar-refractivity contribution in [3.05, 3.63) is 60.2 Å². The molecule has 0 saturated carbocycles. The molecule has 0 radical (unpaired) electrons. The lowest BCUT2D eigenvalue weighted by molar-refractivity contribution is -0.118. The minimum Gasteiger partial charge on any atom is -0.326 e. The molecule has 1 saturated heterocycles. The third-order valence-electron chi connectivity index (χ3n) is 5.35. The van der Waals surface area contributed by atoms with Crippen LogP contribution in [0.3, 0.4) is 0 Å². The van der Waals surface area contributed by atoms with E-state index in [1.807, 2.05) is 54.6 Å². The molecule has 1 aliphatic rings. The number of piperidine rings is 1. The number of rotatable bonds is 7. The van der Waals surface area contributed by atoms with Gasteiger partial charge in [-0.1, -0.05) is 30.3 Å². The second-order valence-corrected chi connectivity index (χ2v) is 7.44. The SMILES string of the molecule is CN(C(=O)Cc1ccc(NC(=O)CCC2CCNCC2)cc1)c1ccccc1.Cl. The summed E-state index contributed by atoms with van der Waals surface area (Å²) >= 11 is 0. The molecule has 0 aromatic heterocycles. The van der Waals surface area contributed by atoms with Crippen LogP contribution in [0.4, 0.5) is 11.4 Å². The monoisotopic (exact) mass is 415 g/mol. The minimum absolute atomic E-state index is 0. The molecule has 2 aromatic carbocycles. The Morgan fingerprint density at radius 1 is 1.03 bits per heavy atom. The van der Waals surface area contributed by atoms with Crippen LogP contribution in [0.15, 0.2) is 54.6 Å². The number of halogens is 1. The average molecular weight is 416 g/mol. The summed E-state index contributed by atoms with van der Waals surface area (Å²) in [5, 5.41) is 6.31. The maximum atomic E-state index is 12.5. The van der Waals surface area contributed by atoms with Crippen LogP contribution in [0.25, 0.3) is 0 Å². The first kappa shape index (κ1) is 22.9. The summed E-state index contributed by atoms with van der Waals surface area (Å²) in [5.74, 6) is 0.748. The second kappa shape index (κ2) is 11.6. The Morgan fingerprint density at radius 2 is 1.69 bits per heavy atom. The summed E-state index contributed by atoms with van der Waals surface area (Å²) in [4.78, 5) is 26.3. The molecule has 2 amide bonds. The van der Waals surface area contributed by atoms with Crippen molar-refractivity contribution in [1.29, 1.82) is 0 Å². The van der Waals surface area contributed by atoms with Gasteiger partial charge in [0.25, 0.3) is 0 Å². The van der Waals surface area contributed by atoms with E-state index in [2.05, 4.69) is 10.6 Å². The zero-order valence-electron chi connectivity index (χ0n) is 16.9. The highest BCUT2D eigenvalue weighted by Crippen LogP contribution is 2.19. The van der Waals surface area contributed by atoms with Crippen LogP contribution in [0, 0.1) is 5.92 Å². The van der Waals surface area contributed by atoms with Crippen LogP contribution >= 0.6 is 12.4 Å². The van der Waals surface area contributed by atoms with Crippen LogP contribution in [0.2, 0.25) is 0 Å². The number of carbonyl (C=O) groups is 2. The lowest BCUT2D eigenvalue weighted by Gasteiger charge is -2.22. The molecule has 1 heterocycles. The molecule has 156 valence electrons. The predicted octanol–water partition coefficient (Wildman–Crippen LogP) is 4.03. The van der Waals surface area contributed by atoms with Crippen LogP contribution in [0.5, 0.6) is 0 Å². The van der Waals surface area contributed by atoms with Gasteiger partial charge < -0.3 is 15.5 Å². The molecule has 6 heteroatoms. The molecule has 0 aliphatic carbocycles. The van der Waals surface area contributed by atoms with Gasteiger partial charge in [0.05, 0.1) is 6.42 Å². The summed E-state index contributed by atoms with van der Waals surface area (Å²) in [6, 6.07) is 17.1. The fraction of sp³-hybridized carbons (Fsp3) is 0.391. The van der Waals surface area contributed by atoms with Crippen molar-refractivity contribution in [2.24, 2.45) is 5.92 Å². The summed E-state index contributed by atoms with van der Waals surface area (Å²) in [6.07, 6.45) is 4.16. The fourth-order valence-electron chi connectivity index (χ4n) is 3.52. The Hall–Kier alpha value is -2.37. The molecule has 1 aliphatic heterocycles. The van der Waals surface area contributed by atoms with E-state index < -0.39 is 0 Å². The molecule has 5 nitrogen and oxygen atoms in total. The van der Waals surface area contributed by atoms with Gasteiger partial charge in [-0.2, -0.15) is 0 Å². The second-order valence-electron chi connectivity index (χ2n) is 7.44. The highest BCUT2D eigenvalue weighted by molar-refractivity contribution is 5.94. The number of hydrogen-bond donors (Lipinski definition) is 2. The number of nitrogens with one attached hydrogen (secondary N) is 2. The van der Waals surface area contributed by atoms with E-state index in [1.54, 1.807) is 11.9 Å². The number of para-hydroxylation sites is 1. The Morgan fingerprint density at radius 3 is 2.34 bits per heavy atom. The molecule has 0 spiro atoms. The van der Waals surface area contributed by atoms with E-state index in [0.29, 0.717) is 18.8 Å². The van der Waals surface area contributed by atoms with Crippen LogP contribution in [0.1, 0.15) is 31.2 Å². The average Bonchev–Trinajstić information content (AvgIpc) is 2.74. The van der Waals surface area contributed by atoms with Crippen molar-refractivity contribution in [3.63, 3.8) is 0 Å². The lowest BCUT2D eigenvalue weighted by atomic mass is 9.93. The van der Waals surface area contributed by atoms with Gasteiger partial charge in [0.1, 0.15) is 0 Å². The quantitative estimate of drug-likeness (QED) is 0.717. The summed E-state index contributed by atoms with van der Waals surface area (Å²) in [6.45, 7) is 2.12. The number of benzene rings is 2. The van der Waals surface area contributed by atoms with Gasteiger partial charge in [-0.15, -0.1) is 12.4 Å². The number of carbonyl (C=O) groups excluding carboxylic acids is 2. The van der Waals surface area contributed by atoms with E-state index in [4.69, 9.17) is 0 Å². The molecule has 0 unspecified atom stereocenters. The van der Waals surface area contributed by atoms with Crippen LogP contribution in [-0.4, -0.2) is 32.0 Å². The van der Waals surface area contributed by atoms with Gasteiger partial charge in [0.2, 0.25) is 11.8 Å². The van der Waals surface area contributed by atoms with Crippen LogP contribution < -0.4 is 15.5 Å². The van der Waals surface area contributed by atoms with Gasteiger partial charge in [-0.05, 0) is 68.1 Å². The summed E-state index contributed by atoms with van der Waals surface area (Å²) in [7, 11) is 1.79. The van der Waals surface area contributed by atoms with Gasteiger partial charge in [0.15, 0.2) is 0 Å². The van der Waals surface area contributed by atoms with Crippen molar-refractivity contribution in [2.75, 3.05) is 30.4 Å². The maximum absolute atomic E-state index is 12.5. The van der Waals surface area contributed by atoms with Crippen LogP contribution in [-0.2, 0) is 16.0 Å². The minimum atomic E-state index is 0. The van der Waals surface area contributed by atoms with Gasteiger partial charge in [-0.3, -0.25) is 9.59 Å². The first-order chi connectivity index (χ1) is 13.6. The molecule has 2 aromatic rings. The van der Waals surface area contributed by atoms with E-state index in [9.17, 15) is 9.59 Å². The summed E-state index contributed by atoms with van der Waals surface area (Å²) in [5.41, 5.74) is 2.59. The topological polar surface area (TPSA) is 61.4 Å². The normalized spacial score (nSPS) is 14.0. The van der Waals surface area contributed by atoms with Gasteiger partial charge in [0, 0.05) is 24.8 Å². The van der Waals surface area contributed by atoms with Crippen molar-refractivity contribution in [3.8, 4) is 0 Å². The van der Waals surface area contributed by atoms with Crippen molar-refractivity contribution >= 4 is 35.6 Å². The molecule has 2 N–H and O–H groups in total. The fourth-order valence-corrected chi connectivity index (χ4v) is 3.52. The predicted molar refractivity (Wildman–Crippen MR) is 121 cm³/mol. The standard InChI is InChI=1S/C23H29N3O2.ClH/c1-26(21-5-3-2-4-6-21)23(28)17-19-7-10-20(11-8-19)25-22(27)12-9-18-13-15-24-16-14-18;/h2-8,10-11,18,24H,9,12-17H2,1H3,(H,25,27);1H. The molecule has 1 fully saturated rings. The van der Waals surface area contributed by atoms with E-state index in [0.717, 1.165) is 49.3 Å². The van der Waals surface area contributed by atoms with Crippen molar-refractivity contribution < 1.29 is 9.59 Å². The molecular formula is C23H30ClN3O2. The Labute approximate surface area is 179 Å². The molecule has 3 rings (SSSR count). The van der Waals surface area contributed by atoms with E-state index >= 15 is 0 Å². The first-order valence-electron chi connectivity index (χ1n) is 10.0. The lowest BCUT2D eigenvalue weighted by Crippen LogP contribution is -2.28. The first-order valence-corrected chi connectivity index (χ1v) is 10.0. The van der Waals surface area contributed by atoms with E-state index in [-0.39, 0.29) is 24.2 Å². The largest absolute Gasteiger partial charge is 0.326 e. The van der Waals surface area contributed by atoms with Crippen molar-refractivity contribution in [2.45, 2.75) is 32.1 Å². The van der Waals surface area contributed by atoms with Gasteiger partial charge in [-0.25, -0.2) is 0 Å². The van der Waals surface area contributed by atoms with Gasteiger partial charge >= 0.3 is 0 Å². The number of hydrogen-bond acceptors (Lipinski definition) is 3.